The van der Waals surface area contributed by atoms with Crippen LogP contribution < -0.4 is 5.32 Å². The number of nitrogens with one attached hydrogen (secondary N) is 1. The Bertz CT molecular complexity index is 446. The van der Waals surface area contributed by atoms with E-state index in [1.165, 1.54) is 0 Å². The fourth-order valence-corrected chi connectivity index (χ4v) is 2.33. The highest BCUT2D eigenvalue weighted by atomic mass is 79.9. The number of hydrogen-bond donors (Lipinski definition) is 1. The van der Waals surface area contributed by atoms with Crippen molar-refractivity contribution in [2.24, 2.45) is 5.41 Å². The van der Waals surface area contributed by atoms with Crippen LogP contribution in [0.3, 0.4) is 0 Å². The normalized spacial score (nSPS) is 16.6. The zero-order valence-electron chi connectivity index (χ0n) is 9.10. The van der Waals surface area contributed by atoms with Gasteiger partial charge in [-0.3, -0.25) is 4.79 Å². The first-order valence-electron chi connectivity index (χ1n) is 5.36. The molecule has 17 heavy (non-hydrogen) atoms. The molecule has 1 aromatic rings. The molecule has 2 rings (SSSR count). The van der Waals surface area contributed by atoms with E-state index in [4.69, 9.17) is 23.2 Å². The van der Waals surface area contributed by atoms with E-state index in [1.54, 1.807) is 18.2 Å². The highest BCUT2D eigenvalue weighted by molar-refractivity contribution is 9.10. The minimum Gasteiger partial charge on any atom is -0.351 e. The van der Waals surface area contributed by atoms with Gasteiger partial charge in [-0.05, 0) is 47.0 Å². The van der Waals surface area contributed by atoms with Crippen molar-refractivity contribution in [1.82, 2.24) is 5.32 Å². The molecule has 2 nitrogen and oxygen atoms in total. The fraction of sp³-hybridized carbons (Fsp3) is 0.417. The summed E-state index contributed by atoms with van der Waals surface area (Å²) in [4.78, 5) is 11.9. The van der Waals surface area contributed by atoms with E-state index in [-0.39, 0.29) is 11.3 Å². The summed E-state index contributed by atoms with van der Waals surface area (Å²) >= 11 is 15.1. The zero-order valence-corrected chi connectivity index (χ0v) is 12.2. The summed E-state index contributed by atoms with van der Waals surface area (Å²) in [6.45, 7) is 0.642. The second-order valence-electron chi connectivity index (χ2n) is 4.45. The molecule has 1 amide bonds. The molecule has 92 valence electrons. The van der Waals surface area contributed by atoms with Crippen molar-refractivity contribution < 1.29 is 4.79 Å². The van der Waals surface area contributed by atoms with E-state index >= 15 is 0 Å². The molecule has 1 aromatic carbocycles. The van der Waals surface area contributed by atoms with Gasteiger partial charge < -0.3 is 5.32 Å². The highest BCUT2D eigenvalue weighted by Gasteiger charge is 2.41. The predicted octanol–water partition coefficient (Wildman–Crippen LogP) is 3.85. The summed E-state index contributed by atoms with van der Waals surface area (Å²) in [5, 5.41) is 3.44. The quantitative estimate of drug-likeness (QED) is 0.831. The molecule has 1 N–H and O–H groups in total. The van der Waals surface area contributed by atoms with Crippen molar-refractivity contribution in [2.75, 3.05) is 12.4 Å². The molecule has 0 saturated heterocycles. The Morgan fingerprint density at radius 1 is 1.47 bits per heavy atom. The maximum Gasteiger partial charge on any atom is 0.251 e. The van der Waals surface area contributed by atoms with Crippen LogP contribution in [0.25, 0.3) is 0 Å². The number of halogens is 3. The van der Waals surface area contributed by atoms with Gasteiger partial charge in [0, 0.05) is 27.9 Å². The van der Waals surface area contributed by atoms with Crippen LogP contribution in [-0.4, -0.2) is 18.3 Å². The lowest BCUT2D eigenvalue weighted by Crippen LogP contribution is -2.30. The zero-order chi connectivity index (χ0) is 12.5. The van der Waals surface area contributed by atoms with Crippen LogP contribution in [0.5, 0.6) is 0 Å². The summed E-state index contributed by atoms with van der Waals surface area (Å²) in [5.74, 6) is 0.504. The molecule has 0 atom stereocenters. The largest absolute Gasteiger partial charge is 0.351 e. The van der Waals surface area contributed by atoms with Crippen molar-refractivity contribution in [2.45, 2.75) is 12.8 Å². The van der Waals surface area contributed by atoms with Crippen molar-refractivity contribution in [3.63, 3.8) is 0 Å². The standard InChI is InChI=1S/C12H12BrCl2NO/c13-9-2-1-8(5-10(9)15)11(17)16-7-12(6-14)3-4-12/h1-2,5H,3-4,6-7H2,(H,16,17). The van der Waals surface area contributed by atoms with Gasteiger partial charge in [-0.1, -0.05) is 11.6 Å². The Kier molecular flexibility index (Phi) is 4.01. The van der Waals surface area contributed by atoms with E-state index < -0.39 is 0 Å². The lowest BCUT2D eigenvalue weighted by atomic mass is 10.1. The van der Waals surface area contributed by atoms with Crippen LogP contribution >= 0.6 is 39.1 Å². The molecule has 0 heterocycles. The van der Waals surface area contributed by atoms with E-state index in [0.717, 1.165) is 17.3 Å². The highest BCUT2D eigenvalue weighted by Crippen LogP contribution is 2.45. The Labute approximate surface area is 119 Å². The molecule has 0 unspecified atom stereocenters. The van der Waals surface area contributed by atoms with Crippen LogP contribution in [0, 0.1) is 5.41 Å². The van der Waals surface area contributed by atoms with Gasteiger partial charge in [0.2, 0.25) is 0 Å². The first-order valence-corrected chi connectivity index (χ1v) is 7.06. The van der Waals surface area contributed by atoms with Gasteiger partial charge in [-0.2, -0.15) is 0 Å². The van der Waals surface area contributed by atoms with Gasteiger partial charge in [0.25, 0.3) is 5.91 Å². The van der Waals surface area contributed by atoms with Gasteiger partial charge in [-0.25, -0.2) is 0 Å². The fourth-order valence-electron chi connectivity index (χ4n) is 1.54. The van der Waals surface area contributed by atoms with Gasteiger partial charge in [-0.15, -0.1) is 11.6 Å². The monoisotopic (exact) mass is 335 g/mol. The van der Waals surface area contributed by atoms with Gasteiger partial charge in [0.05, 0.1) is 5.02 Å². The van der Waals surface area contributed by atoms with Crippen molar-refractivity contribution >= 4 is 45.0 Å². The van der Waals surface area contributed by atoms with Crippen molar-refractivity contribution in [3.8, 4) is 0 Å². The second kappa shape index (κ2) is 5.17. The molecular weight excluding hydrogens is 325 g/mol. The summed E-state index contributed by atoms with van der Waals surface area (Å²) in [7, 11) is 0. The molecule has 1 aliphatic carbocycles. The number of carbonyl (C=O) groups is 1. The Morgan fingerprint density at radius 2 is 2.18 bits per heavy atom. The molecule has 1 fully saturated rings. The third-order valence-electron chi connectivity index (χ3n) is 3.05. The van der Waals surface area contributed by atoms with Crippen LogP contribution in [0.1, 0.15) is 23.2 Å². The molecule has 0 spiro atoms. The molecular formula is C12H12BrCl2NO. The van der Waals surface area contributed by atoms with E-state index in [2.05, 4.69) is 21.2 Å². The van der Waals surface area contributed by atoms with Gasteiger partial charge >= 0.3 is 0 Å². The second-order valence-corrected chi connectivity index (χ2v) is 5.97. The van der Waals surface area contributed by atoms with Crippen LogP contribution in [0.15, 0.2) is 22.7 Å². The summed E-state index contributed by atoms with van der Waals surface area (Å²) < 4.78 is 0.787. The average Bonchev–Trinajstić information content (AvgIpc) is 3.10. The third-order valence-corrected chi connectivity index (χ3v) is 4.85. The molecule has 0 bridgehead atoms. The van der Waals surface area contributed by atoms with E-state index in [0.29, 0.717) is 23.0 Å². The summed E-state index contributed by atoms with van der Waals surface area (Å²) in [6, 6.07) is 5.17. The summed E-state index contributed by atoms with van der Waals surface area (Å²) in [5.41, 5.74) is 0.708. The van der Waals surface area contributed by atoms with Crippen molar-refractivity contribution in [1.29, 1.82) is 0 Å². The predicted molar refractivity (Wildman–Crippen MR) is 73.9 cm³/mol. The van der Waals surface area contributed by atoms with Crippen LogP contribution in [0.4, 0.5) is 0 Å². The first kappa shape index (κ1) is 13.2. The molecule has 0 aromatic heterocycles. The third kappa shape index (κ3) is 3.15. The van der Waals surface area contributed by atoms with Crippen LogP contribution in [0.2, 0.25) is 5.02 Å². The molecule has 0 aliphatic heterocycles. The SMILES string of the molecule is O=C(NCC1(CCl)CC1)c1ccc(Br)c(Cl)c1. The molecule has 0 radical (unpaired) electrons. The minimum atomic E-state index is -0.101. The maximum absolute atomic E-state index is 11.9. The number of rotatable bonds is 4. The van der Waals surface area contributed by atoms with Crippen molar-refractivity contribution in [3.05, 3.63) is 33.3 Å². The van der Waals surface area contributed by atoms with E-state index in [9.17, 15) is 4.79 Å². The molecule has 1 saturated carbocycles. The number of alkyl halides is 1. The van der Waals surface area contributed by atoms with Gasteiger partial charge in [0.1, 0.15) is 0 Å². The summed E-state index contributed by atoms with van der Waals surface area (Å²) in [6.07, 6.45) is 2.19. The Balaban J connectivity index is 1.97. The van der Waals surface area contributed by atoms with Crippen LogP contribution in [-0.2, 0) is 0 Å². The van der Waals surface area contributed by atoms with E-state index in [1.807, 2.05) is 0 Å². The minimum absolute atomic E-state index is 0.101. The maximum atomic E-state index is 11.9. The number of amides is 1. The Hall–Kier alpha value is -0.250. The average molecular weight is 337 g/mol. The smallest absolute Gasteiger partial charge is 0.251 e. The lowest BCUT2D eigenvalue weighted by molar-refractivity contribution is 0.0946. The lowest BCUT2D eigenvalue weighted by Gasteiger charge is -2.12. The molecule has 1 aliphatic rings. The Morgan fingerprint density at radius 3 is 2.71 bits per heavy atom. The molecule has 5 heteroatoms. The topological polar surface area (TPSA) is 29.1 Å². The number of benzene rings is 1. The number of carbonyl (C=O) groups excluding carboxylic acids is 1. The first-order chi connectivity index (χ1) is 8.06. The number of hydrogen-bond acceptors (Lipinski definition) is 1. The van der Waals surface area contributed by atoms with Gasteiger partial charge in [0.15, 0.2) is 0 Å².